The molecule has 0 unspecified atom stereocenters. The van der Waals surface area contributed by atoms with E-state index in [-0.39, 0.29) is 21.1 Å². The third-order valence-corrected chi connectivity index (χ3v) is 10.5. The molecule has 0 aliphatic carbocycles. The van der Waals surface area contributed by atoms with E-state index in [2.05, 4.69) is 145 Å². The number of aromatic nitrogens is 5. The second-order valence-corrected chi connectivity index (χ2v) is 13.9. The third kappa shape index (κ3) is 5.59. The van der Waals surface area contributed by atoms with Crippen molar-refractivity contribution in [2.45, 2.75) is 27.7 Å². The Kier molecular flexibility index (Phi) is 8.52. The van der Waals surface area contributed by atoms with Crippen molar-refractivity contribution in [2.75, 3.05) is 0 Å². The first-order chi connectivity index (χ1) is 26.4. The number of nitrogens with zero attached hydrogens (tertiary/aromatic N) is 5. The van der Waals surface area contributed by atoms with Gasteiger partial charge in [-0.2, -0.15) is 17.2 Å². The summed E-state index contributed by atoms with van der Waals surface area (Å²) in [5, 5.41) is 9.58. The van der Waals surface area contributed by atoms with Gasteiger partial charge in [0.25, 0.3) is 0 Å². The maximum Gasteiger partial charge on any atom is 2.00 e. The molecule has 0 amide bonds. The molecular formula is C48H35N5OPt. The van der Waals surface area contributed by atoms with E-state index >= 15 is 0 Å². The predicted molar refractivity (Wildman–Crippen MR) is 219 cm³/mol. The largest absolute Gasteiger partial charge is 2.00 e. The first kappa shape index (κ1) is 34.5. The van der Waals surface area contributed by atoms with Crippen molar-refractivity contribution in [1.29, 1.82) is 0 Å². The molecular weight excluding hydrogens is 858 g/mol. The molecule has 0 spiro atoms. The van der Waals surface area contributed by atoms with Crippen LogP contribution in [0.3, 0.4) is 0 Å². The van der Waals surface area contributed by atoms with Crippen molar-refractivity contribution in [3.63, 3.8) is 0 Å². The van der Waals surface area contributed by atoms with Crippen LogP contribution in [0.25, 0.3) is 71.9 Å². The smallest absolute Gasteiger partial charge is 0.509 e. The number of hydrogen-bond donors (Lipinski definition) is 0. The summed E-state index contributed by atoms with van der Waals surface area (Å²) in [5.74, 6) is 1.97. The van der Waals surface area contributed by atoms with Gasteiger partial charge in [-0.15, -0.1) is 35.7 Å². The number of rotatable bonds is 6. The Morgan fingerprint density at radius 2 is 1.25 bits per heavy atom. The first-order valence-corrected chi connectivity index (χ1v) is 18.2. The molecule has 0 bridgehead atoms. The summed E-state index contributed by atoms with van der Waals surface area (Å²) in [5.41, 5.74) is 12.9. The molecule has 0 saturated carbocycles. The van der Waals surface area contributed by atoms with Gasteiger partial charge in [-0.25, -0.2) is 4.98 Å². The van der Waals surface area contributed by atoms with E-state index in [0.717, 1.165) is 61.5 Å². The summed E-state index contributed by atoms with van der Waals surface area (Å²) in [7, 11) is 0. The van der Waals surface area contributed by atoms with E-state index in [1.54, 1.807) is 0 Å². The van der Waals surface area contributed by atoms with Gasteiger partial charge in [0.05, 0.1) is 22.4 Å². The zero-order chi connectivity index (χ0) is 36.5. The Morgan fingerprint density at radius 3 is 2.02 bits per heavy atom. The normalized spacial score (nSPS) is 11.5. The van der Waals surface area contributed by atoms with Crippen LogP contribution in [-0.4, -0.2) is 23.9 Å². The van der Waals surface area contributed by atoms with Crippen LogP contribution in [0.15, 0.2) is 140 Å². The van der Waals surface area contributed by atoms with Gasteiger partial charge in [0.2, 0.25) is 0 Å². The molecule has 6 aromatic carbocycles. The number of benzene rings is 6. The predicted octanol–water partition coefficient (Wildman–Crippen LogP) is 11.8. The number of para-hydroxylation sites is 3. The summed E-state index contributed by atoms with van der Waals surface area (Å²) >= 11 is 0. The summed E-state index contributed by atoms with van der Waals surface area (Å²) in [4.78, 5) is 4.97. The van der Waals surface area contributed by atoms with Crippen molar-refractivity contribution in [1.82, 2.24) is 23.9 Å². The van der Waals surface area contributed by atoms with Crippen LogP contribution in [0.1, 0.15) is 22.5 Å². The Hall–Kier alpha value is -6.23. The summed E-state index contributed by atoms with van der Waals surface area (Å²) < 4.78 is 13.0. The number of ether oxygens (including phenoxy) is 1. The Balaban J connectivity index is 0.00000397. The summed E-state index contributed by atoms with van der Waals surface area (Å²) in [6.07, 6.45) is 1.91. The van der Waals surface area contributed by atoms with E-state index in [4.69, 9.17) is 14.8 Å². The molecule has 0 saturated heterocycles. The fourth-order valence-corrected chi connectivity index (χ4v) is 8.19. The Labute approximate surface area is 333 Å². The molecule has 55 heavy (non-hydrogen) atoms. The second-order valence-electron chi connectivity index (χ2n) is 13.9. The third-order valence-electron chi connectivity index (χ3n) is 10.5. The Bertz CT molecular complexity index is 3020. The number of aryl methyl sites for hydroxylation is 3. The van der Waals surface area contributed by atoms with E-state index in [0.29, 0.717) is 11.5 Å². The van der Waals surface area contributed by atoms with Crippen molar-refractivity contribution in [3.8, 4) is 39.8 Å². The van der Waals surface area contributed by atoms with Gasteiger partial charge in [-0.1, -0.05) is 90.4 Å². The Morgan fingerprint density at radius 1 is 0.582 bits per heavy atom. The van der Waals surface area contributed by atoms with Crippen LogP contribution in [-0.2, 0) is 21.1 Å². The number of pyridine rings is 1. The minimum Gasteiger partial charge on any atom is -0.509 e. The van der Waals surface area contributed by atoms with Gasteiger partial charge in [0.1, 0.15) is 5.82 Å². The second kappa shape index (κ2) is 13.6. The van der Waals surface area contributed by atoms with Crippen molar-refractivity contribution < 1.29 is 25.8 Å². The SMILES string of the molecule is Cc1nn(-c2[c-]c(Oc3[c-]c4c(cc3)c3ccccc3n4-c3cc(-n4c5c(C)cccc5c5cccc(C)c54)ccn3)ccc2)c(C)c1-c1ccccc1.[Pt+2]. The van der Waals surface area contributed by atoms with Gasteiger partial charge in [-0.05, 0) is 67.6 Å². The van der Waals surface area contributed by atoms with Gasteiger partial charge in [0, 0.05) is 51.3 Å². The molecule has 0 radical (unpaired) electrons. The van der Waals surface area contributed by atoms with Gasteiger partial charge >= 0.3 is 21.1 Å². The standard InChI is InChI=1S/C48H35N5O.Pt/c1-30-13-10-20-41-42-21-11-14-31(2)48(42)51(47(30)41)35-25-26-49-45(28-35)52-43-22-9-8-19-39(43)40-24-23-38(29-44(40)52)54-37-18-12-17-36(27-37)53-33(4)46(32(3)50-53)34-15-6-5-7-16-34;/h5-26,28H,1-4H3;/q-2;+2. The van der Waals surface area contributed by atoms with Crippen LogP contribution in [0.2, 0.25) is 0 Å². The molecule has 0 aliphatic heterocycles. The van der Waals surface area contributed by atoms with E-state index < -0.39 is 0 Å². The first-order valence-electron chi connectivity index (χ1n) is 18.2. The van der Waals surface area contributed by atoms with E-state index in [9.17, 15) is 0 Å². The molecule has 0 aliphatic rings. The molecule has 0 atom stereocenters. The quantitative estimate of drug-likeness (QED) is 0.156. The fourth-order valence-electron chi connectivity index (χ4n) is 8.19. The fraction of sp³-hybridized carbons (Fsp3) is 0.0833. The zero-order valence-corrected chi connectivity index (χ0v) is 33.0. The monoisotopic (exact) mass is 892 g/mol. The van der Waals surface area contributed by atoms with Crippen molar-refractivity contribution >= 4 is 43.6 Å². The number of fused-ring (bicyclic) bond motifs is 6. The molecule has 0 N–H and O–H groups in total. The van der Waals surface area contributed by atoms with Gasteiger partial charge < -0.3 is 13.9 Å². The average molecular weight is 893 g/mol. The van der Waals surface area contributed by atoms with Crippen LogP contribution in [0, 0.1) is 39.8 Å². The van der Waals surface area contributed by atoms with E-state index in [1.807, 2.05) is 48.1 Å². The molecule has 268 valence electrons. The maximum absolute atomic E-state index is 6.51. The topological polar surface area (TPSA) is 49.8 Å². The van der Waals surface area contributed by atoms with Gasteiger partial charge in [-0.3, -0.25) is 4.68 Å². The van der Waals surface area contributed by atoms with Crippen LogP contribution in [0.5, 0.6) is 11.5 Å². The molecule has 0 fully saturated rings. The number of hydrogen-bond acceptors (Lipinski definition) is 3. The summed E-state index contributed by atoms with van der Waals surface area (Å²) in [6.45, 7) is 8.51. The molecule has 4 aromatic heterocycles. The summed E-state index contributed by atoms with van der Waals surface area (Å²) in [6, 6.07) is 53.3. The molecule has 10 aromatic rings. The van der Waals surface area contributed by atoms with Crippen LogP contribution >= 0.6 is 0 Å². The van der Waals surface area contributed by atoms with Gasteiger partial charge in [0.15, 0.2) is 0 Å². The van der Waals surface area contributed by atoms with Crippen molar-refractivity contribution in [2.24, 2.45) is 0 Å². The zero-order valence-electron chi connectivity index (χ0n) is 30.7. The molecule has 10 rings (SSSR count). The van der Waals surface area contributed by atoms with Crippen LogP contribution < -0.4 is 4.74 Å². The van der Waals surface area contributed by atoms with Crippen LogP contribution in [0.4, 0.5) is 0 Å². The average Bonchev–Trinajstić information content (AvgIpc) is 3.82. The van der Waals surface area contributed by atoms with Crippen molar-refractivity contribution in [3.05, 3.63) is 174 Å². The molecule has 4 heterocycles. The van der Waals surface area contributed by atoms with E-state index in [1.165, 1.54) is 32.9 Å². The maximum atomic E-state index is 6.51. The minimum absolute atomic E-state index is 0. The minimum atomic E-state index is 0. The molecule has 7 heteroatoms. The molecule has 6 nitrogen and oxygen atoms in total.